The van der Waals surface area contributed by atoms with E-state index in [-0.39, 0.29) is 17.5 Å². The molecule has 1 aromatic heterocycles. The van der Waals surface area contributed by atoms with E-state index in [1.807, 2.05) is 6.26 Å². The summed E-state index contributed by atoms with van der Waals surface area (Å²) >= 11 is 1.75. The molecule has 0 radical (unpaired) electrons. The Kier molecular flexibility index (Phi) is 4.71. The molecule has 2 atom stereocenters. The molecule has 2 rings (SSSR count). The molecule has 20 heavy (non-hydrogen) atoms. The molecule has 2 unspecified atom stereocenters. The summed E-state index contributed by atoms with van der Waals surface area (Å²) in [6.45, 7) is -0.354. The highest BCUT2D eigenvalue weighted by Crippen LogP contribution is 2.29. The van der Waals surface area contributed by atoms with Gasteiger partial charge in [-0.25, -0.2) is 13.1 Å². The van der Waals surface area contributed by atoms with E-state index in [0.29, 0.717) is 5.25 Å². The van der Waals surface area contributed by atoms with Crippen LogP contribution in [-0.4, -0.2) is 46.8 Å². The van der Waals surface area contributed by atoms with E-state index in [2.05, 4.69) is 9.82 Å². The fourth-order valence-corrected chi connectivity index (χ4v) is 4.29. The fraction of sp³-hybridized carbons (Fsp3) is 0.636. The number of rotatable bonds is 6. The summed E-state index contributed by atoms with van der Waals surface area (Å²) in [5, 5.41) is 12.9. The summed E-state index contributed by atoms with van der Waals surface area (Å²) in [6, 6.07) is -0.0553. The van der Waals surface area contributed by atoms with Gasteiger partial charge >= 0.3 is 5.97 Å². The van der Waals surface area contributed by atoms with E-state index in [0.717, 1.165) is 23.9 Å². The van der Waals surface area contributed by atoms with Crippen LogP contribution in [0, 0.1) is 0 Å². The van der Waals surface area contributed by atoms with Gasteiger partial charge < -0.3 is 5.11 Å². The predicted molar refractivity (Wildman–Crippen MR) is 75.1 cm³/mol. The van der Waals surface area contributed by atoms with E-state index >= 15 is 0 Å². The van der Waals surface area contributed by atoms with Gasteiger partial charge in [0.15, 0.2) is 0 Å². The number of carboxylic acids is 1. The first-order valence-electron chi connectivity index (χ1n) is 6.20. The van der Waals surface area contributed by atoms with Crippen LogP contribution in [0.15, 0.2) is 17.3 Å². The van der Waals surface area contributed by atoms with Gasteiger partial charge in [0.2, 0.25) is 10.0 Å². The monoisotopic (exact) mass is 319 g/mol. The van der Waals surface area contributed by atoms with Gasteiger partial charge in [-0.3, -0.25) is 9.48 Å². The Balaban J connectivity index is 2.03. The summed E-state index contributed by atoms with van der Waals surface area (Å²) in [5.74, 6) is -1.07. The summed E-state index contributed by atoms with van der Waals surface area (Å²) in [4.78, 5) is 10.6. The Morgan fingerprint density at radius 3 is 2.95 bits per heavy atom. The van der Waals surface area contributed by atoms with Crippen LogP contribution in [0.3, 0.4) is 0 Å². The highest BCUT2D eigenvalue weighted by molar-refractivity contribution is 7.99. The molecule has 1 aromatic rings. The molecule has 1 aliphatic rings. The first kappa shape index (κ1) is 15.3. The van der Waals surface area contributed by atoms with Gasteiger partial charge in [0.05, 0.1) is 6.20 Å². The van der Waals surface area contributed by atoms with Crippen LogP contribution in [0.25, 0.3) is 0 Å². The van der Waals surface area contributed by atoms with Gasteiger partial charge in [0.1, 0.15) is 11.4 Å². The summed E-state index contributed by atoms with van der Waals surface area (Å²) < 4.78 is 28.1. The van der Waals surface area contributed by atoms with E-state index in [4.69, 9.17) is 5.11 Å². The Morgan fingerprint density at radius 1 is 1.60 bits per heavy atom. The number of hydrogen-bond acceptors (Lipinski definition) is 5. The van der Waals surface area contributed by atoms with Gasteiger partial charge in [-0.15, -0.1) is 0 Å². The van der Waals surface area contributed by atoms with Crippen LogP contribution in [-0.2, 0) is 21.4 Å². The standard InChI is InChI=1S/C11H17N3O4S2/c1-19-9-3-2-8(4-9)13-20(17,18)10-5-12-14(6-10)7-11(15)16/h5-6,8-9,13H,2-4,7H2,1H3,(H,15,16). The summed E-state index contributed by atoms with van der Waals surface area (Å²) in [7, 11) is -3.63. The van der Waals surface area contributed by atoms with Crippen molar-refractivity contribution in [1.82, 2.24) is 14.5 Å². The number of sulfonamides is 1. The molecule has 1 aliphatic carbocycles. The molecule has 0 amide bonds. The molecule has 9 heteroatoms. The normalized spacial score (nSPS) is 23.1. The van der Waals surface area contributed by atoms with Crippen LogP contribution in [0.4, 0.5) is 0 Å². The molecule has 1 heterocycles. The highest BCUT2D eigenvalue weighted by Gasteiger charge is 2.28. The van der Waals surface area contributed by atoms with Gasteiger partial charge in [0.25, 0.3) is 0 Å². The lowest BCUT2D eigenvalue weighted by molar-refractivity contribution is -0.137. The van der Waals surface area contributed by atoms with Crippen LogP contribution >= 0.6 is 11.8 Å². The number of aromatic nitrogens is 2. The van der Waals surface area contributed by atoms with Crippen molar-refractivity contribution in [1.29, 1.82) is 0 Å². The molecule has 0 aromatic carbocycles. The molecular formula is C11H17N3O4S2. The number of nitrogens with zero attached hydrogens (tertiary/aromatic N) is 2. The Labute approximate surface area is 121 Å². The average molecular weight is 319 g/mol. The van der Waals surface area contributed by atoms with Gasteiger partial charge in [-0.05, 0) is 25.5 Å². The van der Waals surface area contributed by atoms with E-state index in [9.17, 15) is 13.2 Å². The second kappa shape index (κ2) is 6.15. The third kappa shape index (κ3) is 3.74. The summed E-state index contributed by atoms with van der Waals surface area (Å²) in [5.41, 5.74) is 0. The average Bonchev–Trinajstić information content (AvgIpc) is 2.97. The zero-order valence-electron chi connectivity index (χ0n) is 11.0. The number of hydrogen-bond donors (Lipinski definition) is 2. The SMILES string of the molecule is CSC1CCC(NS(=O)(=O)c2cnn(CC(=O)O)c2)C1. The zero-order chi connectivity index (χ0) is 14.8. The third-order valence-corrected chi connectivity index (χ3v) is 5.83. The zero-order valence-corrected chi connectivity index (χ0v) is 12.7. The maximum Gasteiger partial charge on any atom is 0.325 e. The van der Waals surface area contributed by atoms with Crippen molar-refractivity contribution in [2.75, 3.05) is 6.26 Å². The molecule has 0 aliphatic heterocycles. The number of nitrogens with one attached hydrogen (secondary N) is 1. The Bertz CT molecular complexity index is 584. The minimum Gasteiger partial charge on any atom is -0.480 e. The van der Waals surface area contributed by atoms with Gasteiger partial charge in [-0.2, -0.15) is 16.9 Å². The maximum absolute atomic E-state index is 12.2. The lowest BCUT2D eigenvalue weighted by Gasteiger charge is -2.11. The van der Waals surface area contributed by atoms with Gasteiger partial charge in [-0.1, -0.05) is 0 Å². The van der Waals surface area contributed by atoms with Crippen LogP contribution in [0.1, 0.15) is 19.3 Å². The lowest BCUT2D eigenvalue weighted by atomic mass is 10.3. The third-order valence-electron chi connectivity index (χ3n) is 3.26. The number of thioether (sulfide) groups is 1. The number of carbonyl (C=O) groups is 1. The highest BCUT2D eigenvalue weighted by atomic mass is 32.2. The Morgan fingerprint density at radius 2 is 2.35 bits per heavy atom. The maximum atomic E-state index is 12.2. The van der Waals surface area contributed by atoms with Crippen molar-refractivity contribution < 1.29 is 18.3 Å². The minimum absolute atomic E-state index is 0.00588. The number of carboxylic acid groups (broad SMARTS) is 1. The lowest BCUT2D eigenvalue weighted by Crippen LogP contribution is -2.33. The first-order chi connectivity index (χ1) is 9.40. The minimum atomic E-state index is -3.63. The molecule has 1 fully saturated rings. The molecule has 1 saturated carbocycles. The van der Waals surface area contributed by atoms with Crippen LogP contribution in [0.5, 0.6) is 0 Å². The molecular weight excluding hydrogens is 302 g/mol. The van der Waals surface area contributed by atoms with Crippen LogP contribution in [0.2, 0.25) is 0 Å². The molecule has 7 nitrogen and oxygen atoms in total. The second-order valence-corrected chi connectivity index (χ2v) is 7.61. The molecule has 0 bridgehead atoms. The second-order valence-electron chi connectivity index (χ2n) is 4.76. The number of aliphatic carboxylic acids is 1. The van der Waals surface area contributed by atoms with Crippen LogP contribution < -0.4 is 4.72 Å². The van der Waals surface area contributed by atoms with Crippen molar-refractivity contribution >= 4 is 27.8 Å². The van der Waals surface area contributed by atoms with E-state index in [1.165, 1.54) is 12.4 Å². The van der Waals surface area contributed by atoms with E-state index < -0.39 is 16.0 Å². The fourth-order valence-electron chi connectivity index (χ4n) is 2.26. The van der Waals surface area contributed by atoms with Crippen molar-refractivity contribution in [3.8, 4) is 0 Å². The largest absolute Gasteiger partial charge is 0.480 e. The predicted octanol–water partition coefficient (Wildman–Crippen LogP) is 0.530. The molecule has 0 saturated heterocycles. The van der Waals surface area contributed by atoms with Gasteiger partial charge in [0, 0.05) is 17.5 Å². The van der Waals surface area contributed by atoms with Crippen molar-refractivity contribution in [2.45, 2.75) is 42.0 Å². The smallest absolute Gasteiger partial charge is 0.325 e. The molecule has 112 valence electrons. The topological polar surface area (TPSA) is 101 Å². The first-order valence-corrected chi connectivity index (χ1v) is 8.97. The summed E-state index contributed by atoms with van der Waals surface area (Å²) in [6.07, 6.45) is 7.09. The quantitative estimate of drug-likeness (QED) is 0.793. The van der Waals surface area contributed by atoms with Crippen molar-refractivity contribution in [3.05, 3.63) is 12.4 Å². The van der Waals surface area contributed by atoms with Crippen molar-refractivity contribution in [2.24, 2.45) is 0 Å². The molecule has 0 spiro atoms. The Hall–Kier alpha value is -1.06. The van der Waals surface area contributed by atoms with Crippen molar-refractivity contribution in [3.63, 3.8) is 0 Å². The molecule has 2 N–H and O–H groups in total. The van der Waals surface area contributed by atoms with E-state index in [1.54, 1.807) is 11.8 Å².